The normalized spacial score (nSPS) is 31.5. The van der Waals surface area contributed by atoms with Crippen molar-refractivity contribution in [3.05, 3.63) is 35.9 Å². The molecule has 4 heteroatoms. The molecule has 0 aliphatic heterocycles. The summed E-state index contributed by atoms with van der Waals surface area (Å²) in [5.74, 6) is 1.07. The standard InChI is InChI=1S/C20H27NO3/c1-12-16-10-15(20(16,3)4)11-17(12)24-19(23)13(2)21-18(22)14-8-6-5-7-9-14/h5-9,12-13,15-17H,10-11H2,1-4H3,(H,21,22)/t12-,13+,15+,16-,17-/m1/s1. The molecule has 3 aliphatic rings. The number of ether oxygens (including phenoxy) is 1. The molecule has 3 fully saturated rings. The summed E-state index contributed by atoms with van der Waals surface area (Å²) in [6, 6.07) is 8.27. The van der Waals surface area contributed by atoms with Crippen molar-refractivity contribution < 1.29 is 14.3 Å². The Kier molecular flexibility index (Phi) is 4.41. The van der Waals surface area contributed by atoms with Crippen LogP contribution < -0.4 is 5.32 Å². The highest BCUT2D eigenvalue weighted by atomic mass is 16.5. The van der Waals surface area contributed by atoms with Crippen LogP contribution in [0.4, 0.5) is 0 Å². The third-order valence-corrected chi connectivity index (χ3v) is 6.29. The Morgan fingerprint density at radius 2 is 1.88 bits per heavy atom. The Hall–Kier alpha value is -1.84. The van der Waals surface area contributed by atoms with Crippen LogP contribution in [-0.4, -0.2) is 24.0 Å². The van der Waals surface area contributed by atoms with Gasteiger partial charge in [0, 0.05) is 5.56 Å². The van der Waals surface area contributed by atoms with E-state index in [2.05, 4.69) is 26.1 Å². The number of carbonyl (C=O) groups excluding carboxylic acids is 2. The van der Waals surface area contributed by atoms with Crippen LogP contribution in [0.3, 0.4) is 0 Å². The van der Waals surface area contributed by atoms with Crippen LogP contribution in [-0.2, 0) is 9.53 Å². The van der Waals surface area contributed by atoms with Gasteiger partial charge in [0.15, 0.2) is 0 Å². The summed E-state index contributed by atoms with van der Waals surface area (Å²) in [5.41, 5.74) is 0.918. The molecule has 0 aromatic heterocycles. The Morgan fingerprint density at radius 1 is 1.21 bits per heavy atom. The quantitative estimate of drug-likeness (QED) is 0.861. The van der Waals surface area contributed by atoms with Gasteiger partial charge in [0.2, 0.25) is 0 Å². The second-order valence-corrected chi connectivity index (χ2v) is 7.99. The molecule has 2 bridgehead atoms. The van der Waals surface area contributed by atoms with Gasteiger partial charge in [-0.25, -0.2) is 4.79 Å². The van der Waals surface area contributed by atoms with E-state index in [1.807, 2.05) is 6.07 Å². The van der Waals surface area contributed by atoms with E-state index in [1.54, 1.807) is 31.2 Å². The molecule has 0 unspecified atom stereocenters. The highest BCUT2D eigenvalue weighted by Crippen LogP contribution is 2.61. The Balaban J connectivity index is 1.55. The lowest BCUT2D eigenvalue weighted by atomic mass is 9.45. The van der Waals surface area contributed by atoms with E-state index in [0.29, 0.717) is 28.7 Å². The number of nitrogens with one attached hydrogen (secondary N) is 1. The van der Waals surface area contributed by atoms with Gasteiger partial charge >= 0.3 is 5.97 Å². The molecule has 4 nitrogen and oxygen atoms in total. The van der Waals surface area contributed by atoms with Crippen molar-refractivity contribution in [2.24, 2.45) is 23.2 Å². The van der Waals surface area contributed by atoms with Crippen molar-refractivity contribution in [3.63, 3.8) is 0 Å². The van der Waals surface area contributed by atoms with Gasteiger partial charge < -0.3 is 10.1 Å². The van der Waals surface area contributed by atoms with E-state index >= 15 is 0 Å². The predicted molar refractivity (Wildman–Crippen MR) is 92.4 cm³/mol. The SMILES string of the molecule is C[C@@H]1[C@H]2C[C@@H](C[C@H]1OC(=O)[C@H](C)NC(=O)c1ccccc1)C2(C)C. The van der Waals surface area contributed by atoms with E-state index in [0.717, 1.165) is 6.42 Å². The maximum absolute atomic E-state index is 12.4. The van der Waals surface area contributed by atoms with Crippen molar-refractivity contribution in [1.82, 2.24) is 5.32 Å². The molecule has 3 aliphatic carbocycles. The van der Waals surface area contributed by atoms with Crippen LogP contribution in [0.25, 0.3) is 0 Å². The fraction of sp³-hybridized carbons (Fsp3) is 0.600. The average Bonchev–Trinajstić information content (AvgIpc) is 2.56. The van der Waals surface area contributed by atoms with Crippen LogP contribution in [0.2, 0.25) is 0 Å². The number of hydrogen-bond donors (Lipinski definition) is 1. The maximum Gasteiger partial charge on any atom is 0.328 e. The molecule has 3 saturated carbocycles. The lowest BCUT2D eigenvalue weighted by Crippen LogP contribution is -2.58. The van der Waals surface area contributed by atoms with E-state index in [-0.39, 0.29) is 18.0 Å². The first-order chi connectivity index (χ1) is 11.3. The van der Waals surface area contributed by atoms with Gasteiger partial charge in [0.05, 0.1) is 0 Å². The largest absolute Gasteiger partial charge is 0.461 e. The molecule has 0 radical (unpaired) electrons. The molecular formula is C20H27NO3. The first kappa shape index (κ1) is 17.0. The maximum atomic E-state index is 12.4. The van der Waals surface area contributed by atoms with Gasteiger partial charge in [0.1, 0.15) is 12.1 Å². The van der Waals surface area contributed by atoms with Crippen molar-refractivity contribution in [2.45, 2.75) is 52.7 Å². The Bertz CT molecular complexity index is 625. The van der Waals surface area contributed by atoms with Crippen LogP contribution in [0.5, 0.6) is 0 Å². The smallest absolute Gasteiger partial charge is 0.328 e. The van der Waals surface area contributed by atoms with Crippen molar-refractivity contribution in [2.75, 3.05) is 0 Å². The number of amides is 1. The third kappa shape index (κ3) is 2.94. The minimum atomic E-state index is -0.642. The van der Waals surface area contributed by atoms with Gasteiger partial charge in [-0.15, -0.1) is 0 Å². The van der Waals surface area contributed by atoms with Crippen molar-refractivity contribution in [1.29, 1.82) is 0 Å². The van der Waals surface area contributed by atoms with Crippen LogP contribution in [0.15, 0.2) is 30.3 Å². The van der Waals surface area contributed by atoms with Gasteiger partial charge in [-0.2, -0.15) is 0 Å². The summed E-state index contributed by atoms with van der Waals surface area (Å²) >= 11 is 0. The van der Waals surface area contributed by atoms with Gasteiger partial charge in [-0.1, -0.05) is 39.0 Å². The van der Waals surface area contributed by atoms with E-state index in [9.17, 15) is 9.59 Å². The predicted octanol–water partition coefficient (Wildman–Crippen LogP) is 3.42. The summed E-state index contributed by atoms with van der Waals surface area (Å²) in [4.78, 5) is 24.5. The summed E-state index contributed by atoms with van der Waals surface area (Å²) in [5, 5.41) is 2.73. The molecule has 0 saturated heterocycles. The molecular weight excluding hydrogens is 302 g/mol. The summed E-state index contributed by atoms with van der Waals surface area (Å²) < 4.78 is 5.74. The fourth-order valence-corrected chi connectivity index (χ4v) is 4.44. The van der Waals surface area contributed by atoms with Gasteiger partial charge in [0.25, 0.3) is 5.91 Å². The molecule has 24 heavy (non-hydrogen) atoms. The van der Waals surface area contributed by atoms with E-state index in [1.165, 1.54) is 6.42 Å². The number of rotatable bonds is 4. The molecule has 1 amide bonds. The molecule has 5 atom stereocenters. The Labute approximate surface area is 144 Å². The topological polar surface area (TPSA) is 55.4 Å². The second-order valence-electron chi connectivity index (χ2n) is 7.99. The third-order valence-electron chi connectivity index (χ3n) is 6.29. The summed E-state index contributed by atoms with van der Waals surface area (Å²) in [6.07, 6.45) is 2.17. The zero-order valence-corrected chi connectivity index (χ0v) is 14.9. The minimum absolute atomic E-state index is 0.0228. The summed E-state index contributed by atoms with van der Waals surface area (Å²) in [6.45, 7) is 8.51. The van der Waals surface area contributed by atoms with Crippen LogP contribution >= 0.6 is 0 Å². The van der Waals surface area contributed by atoms with E-state index < -0.39 is 6.04 Å². The fourth-order valence-electron chi connectivity index (χ4n) is 4.44. The molecule has 4 rings (SSSR count). The first-order valence-electron chi connectivity index (χ1n) is 8.87. The summed E-state index contributed by atoms with van der Waals surface area (Å²) in [7, 11) is 0. The monoisotopic (exact) mass is 329 g/mol. The molecule has 0 heterocycles. The lowest BCUT2D eigenvalue weighted by molar-refractivity contribution is -0.187. The Morgan fingerprint density at radius 3 is 2.46 bits per heavy atom. The zero-order valence-electron chi connectivity index (χ0n) is 14.9. The van der Waals surface area contributed by atoms with Crippen molar-refractivity contribution in [3.8, 4) is 0 Å². The molecule has 1 N–H and O–H groups in total. The lowest BCUT2D eigenvalue weighted by Gasteiger charge is -2.61. The number of esters is 1. The van der Waals surface area contributed by atoms with Gasteiger partial charge in [-0.3, -0.25) is 4.79 Å². The number of fused-ring (bicyclic) bond motifs is 2. The van der Waals surface area contributed by atoms with Crippen molar-refractivity contribution >= 4 is 11.9 Å². The first-order valence-corrected chi connectivity index (χ1v) is 8.87. The zero-order chi connectivity index (χ0) is 17.5. The molecule has 130 valence electrons. The minimum Gasteiger partial charge on any atom is -0.461 e. The highest BCUT2D eigenvalue weighted by Gasteiger charge is 2.57. The van der Waals surface area contributed by atoms with Crippen LogP contribution in [0, 0.1) is 23.2 Å². The van der Waals surface area contributed by atoms with E-state index in [4.69, 9.17) is 4.74 Å². The number of hydrogen-bond acceptors (Lipinski definition) is 3. The van der Waals surface area contributed by atoms with Crippen LogP contribution in [0.1, 0.15) is 50.9 Å². The number of benzene rings is 1. The molecule has 1 aromatic carbocycles. The highest BCUT2D eigenvalue weighted by molar-refractivity contribution is 5.96. The number of carbonyl (C=O) groups is 2. The second kappa shape index (κ2) is 6.23. The average molecular weight is 329 g/mol. The molecule has 0 spiro atoms. The molecule has 1 aromatic rings. The van der Waals surface area contributed by atoms with Gasteiger partial charge in [-0.05, 0) is 55.1 Å².